The minimum absolute atomic E-state index is 0.0530. The number of benzene rings is 1. The molecule has 0 aromatic heterocycles. The van der Waals surface area contributed by atoms with Crippen LogP contribution in [0.1, 0.15) is 18.0 Å². The molecule has 1 amide bonds. The number of nitrogens with one attached hydrogen (secondary N) is 1. The number of carbonyl (C=O) groups is 2. The Bertz CT molecular complexity index is 408. The lowest BCUT2D eigenvalue weighted by Gasteiger charge is -2.17. The predicted octanol–water partition coefficient (Wildman–Crippen LogP) is -0.362. The number of carboxylic acids is 1. The molecule has 0 radical (unpaired) electrons. The molecule has 6 heteroatoms. The van der Waals surface area contributed by atoms with Gasteiger partial charge in [0.15, 0.2) is 0 Å². The molecule has 18 heavy (non-hydrogen) atoms. The lowest BCUT2D eigenvalue weighted by molar-refractivity contribution is -0.142. The van der Waals surface area contributed by atoms with Crippen LogP contribution in [0.15, 0.2) is 30.3 Å². The second kappa shape index (κ2) is 6.73. The molecule has 1 aromatic carbocycles. The molecule has 0 unspecified atom stereocenters. The van der Waals surface area contributed by atoms with E-state index in [0.29, 0.717) is 5.56 Å². The molecule has 0 heterocycles. The van der Waals surface area contributed by atoms with Crippen molar-refractivity contribution in [1.82, 2.24) is 5.32 Å². The first-order valence-corrected chi connectivity index (χ1v) is 5.51. The van der Waals surface area contributed by atoms with Crippen LogP contribution in [0.5, 0.6) is 0 Å². The molecular weight excluding hydrogens is 236 g/mol. The number of carbonyl (C=O) groups excluding carboxylic acids is 1. The van der Waals surface area contributed by atoms with Crippen molar-refractivity contribution in [2.75, 3.05) is 6.61 Å². The zero-order chi connectivity index (χ0) is 13.5. The van der Waals surface area contributed by atoms with Crippen molar-refractivity contribution < 1.29 is 19.8 Å². The van der Waals surface area contributed by atoms with Crippen molar-refractivity contribution in [3.05, 3.63) is 35.9 Å². The van der Waals surface area contributed by atoms with E-state index in [-0.39, 0.29) is 13.0 Å². The van der Waals surface area contributed by atoms with Crippen LogP contribution in [0.25, 0.3) is 0 Å². The second-order valence-corrected chi connectivity index (χ2v) is 3.80. The third-order valence-corrected chi connectivity index (χ3v) is 2.47. The summed E-state index contributed by atoms with van der Waals surface area (Å²) < 4.78 is 0. The van der Waals surface area contributed by atoms with Gasteiger partial charge in [0.05, 0.1) is 0 Å². The molecule has 0 aliphatic heterocycles. The summed E-state index contributed by atoms with van der Waals surface area (Å²) in [7, 11) is 0. The van der Waals surface area contributed by atoms with Crippen LogP contribution in [0.3, 0.4) is 0 Å². The fourth-order valence-corrected chi connectivity index (χ4v) is 1.46. The Kier molecular flexibility index (Phi) is 5.29. The fourth-order valence-electron chi connectivity index (χ4n) is 1.46. The third kappa shape index (κ3) is 3.83. The van der Waals surface area contributed by atoms with Crippen molar-refractivity contribution in [2.45, 2.75) is 18.5 Å². The van der Waals surface area contributed by atoms with E-state index in [4.69, 9.17) is 15.9 Å². The van der Waals surface area contributed by atoms with Gasteiger partial charge in [-0.3, -0.25) is 4.79 Å². The maximum atomic E-state index is 11.8. The molecule has 0 aliphatic carbocycles. The molecule has 0 aliphatic rings. The lowest BCUT2D eigenvalue weighted by atomic mass is 10.1. The zero-order valence-electron chi connectivity index (χ0n) is 9.74. The maximum Gasteiger partial charge on any atom is 0.326 e. The van der Waals surface area contributed by atoms with Gasteiger partial charge in [0, 0.05) is 13.0 Å². The molecule has 0 saturated heterocycles. The van der Waals surface area contributed by atoms with E-state index in [1.54, 1.807) is 30.3 Å². The number of nitrogens with two attached hydrogens (primary N) is 1. The number of rotatable bonds is 6. The van der Waals surface area contributed by atoms with Crippen LogP contribution < -0.4 is 11.1 Å². The van der Waals surface area contributed by atoms with Gasteiger partial charge in [0.2, 0.25) is 5.91 Å². The quantitative estimate of drug-likeness (QED) is 0.552. The van der Waals surface area contributed by atoms with Crippen LogP contribution in [0.2, 0.25) is 0 Å². The Balaban J connectivity index is 2.67. The van der Waals surface area contributed by atoms with Crippen molar-refractivity contribution in [3.63, 3.8) is 0 Å². The topological polar surface area (TPSA) is 113 Å². The van der Waals surface area contributed by atoms with E-state index in [0.717, 1.165) is 0 Å². The molecule has 1 rings (SSSR count). The molecule has 0 spiro atoms. The zero-order valence-corrected chi connectivity index (χ0v) is 9.74. The molecule has 1 aromatic rings. The van der Waals surface area contributed by atoms with Crippen LogP contribution in [-0.4, -0.2) is 34.7 Å². The standard InChI is InChI=1S/C12H16N2O4/c13-10(8-4-2-1-3-5-8)11(16)14-9(6-7-15)12(17)18/h1-5,9-10,15H,6-7,13H2,(H,14,16)(H,17,18)/t9-,10-/m0/s1. The summed E-state index contributed by atoms with van der Waals surface area (Å²) in [5.41, 5.74) is 6.32. The summed E-state index contributed by atoms with van der Waals surface area (Å²) in [5, 5.41) is 19.8. The minimum Gasteiger partial charge on any atom is -0.480 e. The second-order valence-electron chi connectivity index (χ2n) is 3.80. The number of aliphatic carboxylic acids is 1. The van der Waals surface area contributed by atoms with Gasteiger partial charge in [-0.15, -0.1) is 0 Å². The maximum absolute atomic E-state index is 11.8. The normalized spacial score (nSPS) is 13.7. The van der Waals surface area contributed by atoms with Gasteiger partial charge in [-0.05, 0) is 5.56 Å². The SMILES string of the molecule is N[C@H](C(=O)N[C@@H](CCO)C(=O)O)c1ccccc1. The largest absolute Gasteiger partial charge is 0.480 e. The Morgan fingerprint density at radius 3 is 2.39 bits per heavy atom. The van der Waals surface area contributed by atoms with Crippen LogP contribution in [-0.2, 0) is 9.59 Å². The Morgan fingerprint density at radius 2 is 1.89 bits per heavy atom. The first kappa shape index (κ1) is 14.1. The molecule has 2 atom stereocenters. The molecule has 5 N–H and O–H groups in total. The average Bonchev–Trinajstić information content (AvgIpc) is 2.38. The highest BCUT2D eigenvalue weighted by Gasteiger charge is 2.23. The molecule has 6 nitrogen and oxygen atoms in total. The van der Waals surface area contributed by atoms with E-state index in [1.807, 2.05) is 0 Å². The smallest absolute Gasteiger partial charge is 0.326 e. The van der Waals surface area contributed by atoms with E-state index in [1.165, 1.54) is 0 Å². The Morgan fingerprint density at radius 1 is 1.28 bits per heavy atom. The van der Waals surface area contributed by atoms with Crippen molar-refractivity contribution in [2.24, 2.45) is 5.73 Å². The number of carboxylic acid groups (broad SMARTS) is 1. The third-order valence-electron chi connectivity index (χ3n) is 2.47. The molecule has 98 valence electrons. The van der Waals surface area contributed by atoms with Crippen molar-refractivity contribution >= 4 is 11.9 Å². The van der Waals surface area contributed by atoms with Gasteiger partial charge in [-0.25, -0.2) is 4.79 Å². The number of aliphatic hydroxyl groups is 1. The number of hydrogen-bond acceptors (Lipinski definition) is 4. The van der Waals surface area contributed by atoms with Gasteiger partial charge in [0.1, 0.15) is 12.1 Å². The summed E-state index contributed by atoms with van der Waals surface area (Å²) in [4.78, 5) is 22.6. The molecular formula is C12H16N2O4. The van der Waals surface area contributed by atoms with Gasteiger partial charge >= 0.3 is 5.97 Å². The predicted molar refractivity (Wildman–Crippen MR) is 64.6 cm³/mol. The summed E-state index contributed by atoms with van der Waals surface area (Å²) in [5.74, 6) is -1.78. The molecule has 0 saturated carbocycles. The monoisotopic (exact) mass is 252 g/mol. The van der Waals surface area contributed by atoms with E-state index < -0.39 is 24.0 Å². The van der Waals surface area contributed by atoms with E-state index in [9.17, 15) is 9.59 Å². The Labute approximate surface area is 104 Å². The molecule has 0 fully saturated rings. The van der Waals surface area contributed by atoms with Crippen LogP contribution in [0.4, 0.5) is 0 Å². The van der Waals surface area contributed by atoms with Gasteiger partial charge in [-0.1, -0.05) is 30.3 Å². The lowest BCUT2D eigenvalue weighted by Crippen LogP contribution is -2.45. The summed E-state index contributed by atoms with van der Waals surface area (Å²) >= 11 is 0. The van der Waals surface area contributed by atoms with E-state index in [2.05, 4.69) is 5.32 Å². The van der Waals surface area contributed by atoms with E-state index >= 15 is 0 Å². The number of hydrogen-bond donors (Lipinski definition) is 4. The summed E-state index contributed by atoms with van der Waals surface area (Å²) in [6.07, 6.45) is -0.0530. The van der Waals surface area contributed by atoms with Crippen LogP contribution in [0, 0.1) is 0 Å². The fraction of sp³-hybridized carbons (Fsp3) is 0.333. The average molecular weight is 252 g/mol. The molecule has 0 bridgehead atoms. The highest BCUT2D eigenvalue weighted by Crippen LogP contribution is 2.09. The van der Waals surface area contributed by atoms with Gasteiger partial charge in [0.25, 0.3) is 0 Å². The highest BCUT2D eigenvalue weighted by atomic mass is 16.4. The van der Waals surface area contributed by atoms with Crippen molar-refractivity contribution in [1.29, 1.82) is 0 Å². The van der Waals surface area contributed by atoms with Crippen LogP contribution >= 0.6 is 0 Å². The highest BCUT2D eigenvalue weighted by molar-refractivity contribution is 5.87. The number of amides is 1. The Hall–Kier alpha value is -1.92. The first-order valence-electron chi connectivity index (χ1n) is 5.51. The number of aliphatic hydroxyl groups excluding tert-OH is 1. The van der Waals surface area contributed by atoms with Gasteiger partial charge < -0.3 is 21.3 Å². The van der Waals surface area contributed by atoms with Gasteiger partial charge in [-0.2, -0.15) is 0 Å². The van der Waals surface area contributed by atoms with Crippen molar-refractivity contribution in [3.8, 4) is 0 Å². The minimum atomic E-state index is -1.20. The summed E-state index contributed by atoms with van der Waals surface area (Å²) in [6, 6.07) is 6.59. The summed E-state index contributed by atoms with van der Waals surface area (Å²) in [6.45, 7) is -0.322. The first-order chi connectivity index (χ1) is 8.56.